The Morgan fingerprint density at radius 3 is 2.81 bits per heavy atom. The Hall–Kier alpha value is -1.60. The van der Waals surface area contributed by atoms with Gasteiger partial charge in [0.25, 0.3) is 0 Å². The molecule has 0 saturated carbocycles. The first-order chi connectivity index (χ1) is 10.00. The number of furan rings is 1. The van der Waals surface area contributed by atoms with Crippen LogP contribution in [0.2, 0.25) is 0 Å². The minimum Gasteiger partial charge on any atom is -0.457 e. The van der Waals surface area contributed by atoms with E-state index in [0.29, 0.717) is 23.8 Å². The average molecular weight is 310 g/mol. The van der Waals surface area contributed by atoms with Gasteiger partial charge in [0, 0.05) is 24.7 Å². The molecule has 3 rings (SSSR count). The van der Waals surface area contributed by atoms with Crippen LogP contribution < -0.4 is 0 Å². The fraction of sp³-hybridized carbons (Fsp3) is 0.500. The summed E-state index contributed by atoms with van der Waals surface area (Å²) in [5.41, 5.74) is 0. The quantitative estimate of drug-likeness (QED) is 0.871. The highest BCUT2D eigenvalue weighted by Crippen LogP contribution is 2.32. The summed E-state index contributed by atoms with van der Waals surface area (Å²) in [4.78, 5) is 0.211. The van der Waals surface area contributed by atoms with Crippen LogP contribution in [0.25, 0.3) is 11.5 Å². The Bertz CT molecular complexity index is 718. The van der Waals surface area contributed by atoms with E-state index in [9.17, 15) is 8.42 Å². The van der Waals surface area contributed by atoms with Crippen molar-refractivity contribution in [3.8, 4) is 11.5 Å². The van der Waals surface area contributed by atoms with E-state index in [-0.39, 0.29) is 10.9 Å². The van der Waals surface area contributed by atoms with Crippen molar-refractivity contribution in [3.05, 3.63) is 24.1 Å². The lowest BCUT2D eigenvalue weighted by Crippen LogP contribution is -2.41. The van der Waals surface area contributed by atoms with Gasteiger partial charge in [-0.15, -0.1) is 0 Å². The van der Waals surface area contributed by atoms with Crippen LogP contribution in [0, 0.1) is 6.92 Å². The van der Waals surface area contributed by atoms with Crippen molar-refractivity contribution >= 4 is 10.0 Å². The summed E-state index contributed by atoms with van der Waals surface area (Å²) in [6, 6.07) is 3.18. The highest BCUT2D eigenvalue weighted by Gasteiger charge is 2.34. The lowest BCUT2D eigenvalue weighted by Gasteiger charge is -2.31. The van der Waals surface area contributed by atoms with Crippen molar-refractivity contribution in [2.75, 3.05) is 6.54 Å². The molecule has 0 aromatic carbocycles. The van der Waals surface area contributed by atoms with E-state index < -0.39 is 10.0 Å². The predicted octanol–water partition coefficient (Wildman–Crippen LogP) is 2.81. The third-order valence-corrected chi connectivity index (χ3v) is 6.00. The molecule has 0 bridgehead atoms. The molecule has 21 heavy (non-hydrogen) atoms. The minimum absolute atomic E-state index is 0.0202. The third kappa shape index (κ3) is 2.51. The zero-order valence-electron chi connectivity index (χ0n) is 12.1. The molecule has 1 atom stereocenters. The van der Waals surface area contributed by atoms with Gasteiger partial charge in [0.15, 0.2) is 5.76 Å². The Labute approximate surface area is 123 Å². The van der Waals surface area contributed by atoms with E-state index in [1.807, 2.05) is 6.92 Å². The number of piperidine rings is 1. The van der Waals surface area contributed by atoms with Gasteiger partial charge in [-0.1, -0.05) is 11.6 Å². The Morgan fingerprint density at radius 2 is 2.14 bits per heavy atom. The largest absolute Gasteiger partial charge is 0.457 e. The molecule has 2 aromatic heterocycles. The third-order valence-electron chi connectivity index (χ3n) is 3.88. The van der Waals surface area contributed by atoms with Gasteiger partial charge in [-0.25, -0.2) is 8.42 Å². The maximum Gasteiger partial charge on any atom is 0.246 e. The lowest BCUT2D eigenvalue weighted by molar-refractivity contribution is 0.268. The summed E-state index contributed by atoms with van der Waals surface area (Å²) in [5, 5.41) is 3.61. The molecule has 1 saturated heterocycles. The molecular formula is C14H18N2O4S. The van der Waals surface area contributed by atoms with E-state index in [1.165, 1.54) is 12.3 Å². The molecule has 6 nitrogen and oxygen atoms in total. The lowest BCUT2D eigenvalue weighted by atomic mass is 10.1. The first-order valence-corrected chi connectivity index (χ1v) is 8.47. The smallest absolute Gasteiger partial charge is 0.246 e. The van der Waals surface area contributed by atoms with Crippen LogP contribution in [-0.4, -0.2) is 30.5 Å². The van der Waals surface area contributed by atoms with Gasteiger partial charge in [0.05, 0.1) is 6.20 Å². The second kappa shape index (κ2) is 5.31. The minimum atomic E-state index is -3.53. The van der Waals surface area contributed by atoms with E-state index in [2.05, 4.69) is 5.16 Å². The van der Waals surface area contributed by atoms with Gasteiger partial charge >= 0.3 is 0 Å². The van der Waals surface area contributed by atoms with Crippen molar-refractivity contribution in [1.29, 1.82) is 0 Å². The van der Waals surface area contributed by atoms with E-state index in [1.54, 1.807) is 17.3 Å². The van der Waals surface area contributed by atoms with Crippen molar-refractivity contribution in [2.24, 2.45) is 0 Å². The summed E-state index contributed by atoms with van der Waals surface area (Å²) < 4.78 is 37.8. The number of hydrogen-bond acceptors (Lipinski definition) is 5. The molecule has 7 heteroatoms. The van der Waals surface area contributed by atoms with Crippen LogP contribution in [0.4, 0.5) is 0 Å². The van der Waals surface area contributed by atoms with Gasteiger partial charge in [0.1, 0.15) is 10.7 Å². The highest BCUT2D eigenvalue weighted by molar-refractivity contribution is 7.89. The molecule has 0 N–H and O–H groups in total. The standard InChI is InChI=1S/C14H18N2O4S/c1-10-5-3-4-8-16(10)21(17,18)14-9-13(19-11(14)2)12-6-7-15-20-12/h6-7,9-10H,3-5,8H2,1-2H3. The van der Waals surface area contributed by atoms with Gasteiger partial charge in [-0.3, -0.25) is 0 Å². The fourth-order valence-electron chi connectivity index (χ4n) is 2.74. The molecule has 1 fully saturated rings. The Balaban J connectivity index is 1.99. The van der Waals surface area contributed by atoms with Crippen molar-refractivity contribution in [2.45, 2.75) is 44.0 Å². The zero-order chi connectivity index (χ0) is 15.0. The summed E-state index contributed by atoms with van der Waals surface area (Å²) in [5.74, 6) is 1.18. The van der Waals surface area contributed by atoms with Gasteiger partial charge < -0.3 is 8.94 Å². The van der Waals surface area contributed by atoms with Gasteiger partial charge in [0.2, 0.25) is 15.8 Å². The summed E-state index contributed by atoms with van der Waals surface area (Å²) in [7, 11) is -3.53. The molecule has 1 unspecified atom stereocenters. The topological polar surface area (TPSA) is 76.5 Å². The molecule has 0 spiro atoms. The average Bonchev–Trinajstić information content (AvgIpc) is 3.07. The second-order valence-corrected chi connectivity index (χ2v) is 7.23. The van der Waals surface area contributed by atoms with E-state index in [0.717, 1.165) is 19.3 Å². The van der Waals surface area contributed by atoms with Crippen molar-refractivity contribution in [3.63, 3.8) is 0 Å². The van der Waals surface area contributed by atoms with Crippen LogP contribution in [0.5, 0.6) is 0 Å². The van der Waals surface area contributed by atoms with E-state index in [4.69, 9.17) is 8.94 Å². The van der Waals surface area contributed by atoms with Gasteiger partial charge in [-0.2, -0.15) is 4.31 Å². The number of nitrogens with zero attached hydrogens (tertiary/aromatic N) is 2. The molecule has 0 aliphatic carbocycles. The maximum absolute atomic E-state index is 12.8. The Morgan fingerprint density at radius 1 is 1.33 bits per heavy atom. The molecule has 1 aliphatic heterocycles. The predicted molar refractivity (Wildman–Crippen MR) is 76.1 cm³/mol. The van der Waals surface area contributed by atoms with Crippen LogP contribution >= 0.6 is 0 Å². The first kappa shape index (κ1) is 14.3. The highest BCUT2D eigenvalue weighted by atomic mass is 32.2. The molecule has 114 valence electrons. The number of aryl methyl sites for hydroxylation is 1. The summed E-state index contributed by atoms with van der Waals surface area (Å²) >= 11 is 0. The molecule has 0 radical (unpaired) electrons. The van der Waals surface area contributed by atoms with Crippen LogP contribution in [0.15, 0.2) is 32.2 Å². The van der Waals surface area contributed by atoms with Gasteiger partial charge in [-0.05, 0) is 26.7 Å². The van der Waals surface area contributed by atoms with Crippen LogP contribution in [-0.2, 0) is 10.0 Å². The normalized spacial score (nSPS) is 20.8. The second-order valence-electron chi connectivity index (χ2n) is 5.37. The Kier molecular flexibility index (Phi) is 3.62. The SMILES string of the molecule is Cc1oc(-c2ccno2)cc1S(=O)(=O)N1CCCCC1C. The van der Waals surface area contributed by atoms with Crippen molar-refractivity contribution in [1.82, 2.24) is 9.46 Å². The molecule has 2 aromatic rings. The molecule has 1 aliphatic rings. The monoisotopic (exact) mass is 310 g/mol. The maximum atomic E-state index is 12.8. The fourth-order valence-corrected chi connectivity index (χ4v) is 4.60. The summed E-state index contributed by atoms with van der Waals surface area (Å²) in [6.07, 6.45) is 4.36. The molecule has 0 amide bonds. The molecule has 3 heterocycles. The van der Waals surface area contributed by atoms with E-state index >= 15 is 0 Å². The van der Waals surface area contributed by atoms with Crippen molar-refractivity contribution < 1.29 is 17.4 Å². The van der Waals surface area contributed by atoms with Crippen LogP contribution in [0.1, 0.15) is 31.9 Å². The number of aromatic nitrogens is 1. The number of sulfonamides is 1. The number of hydrogen-bond donors (Lipinski definition) is 0. The first-order valence-electron chi connectivity index (χ1n) is 7.03. The zero-order valence-corrected chi connectivity index (χ0v) is 12.9. The number of rotatable bonds is 3. The van der Waals surface area contributed by atoms with Crippen LogP contribution in [0.3, 0.4) is 0 Å². The molecular weight excluding hydrogens is 292 g/mol. The summed E-state index contributed by atoms with van der Waals surface area (Å²) in [6.45, 7) is 4.16.